The third-order valence-electron chi connectivity index (χ3n) is 0.905. The van der Waals surface area contributed by atoms with Crippen molar-refractivity contribution in [2.75, 3.05) is 12.3 Å². The molecule has 1 amide bonds. The number of hydrogen-bond acceptors (Lipinski definition) is 4. The zero-order valence-corrected chi connectivity index (χ0v) is 5.61. The first-order valence-corrected chi connectivity index (χ1v) is 3.65. The molecular weight excluding hydrogens is 140 g/mol. The fraction of sp³-hybridized carbons (Fsp3) is 0.750. The second kappa shape index (κ2) is 2.93. The minimum absolute atomic E-state index is 0.220. The lowest BCUT2D eigenvalue weighted by Crippen LogP contribution is -2.28. The topological polar surface area (TPSA) is 64.4 Å². The first-order chi connectivity index (χ1) is 4.29. The molecule has 0 bridgehead atoms. The van der Waals surface area contributed by atoms with Crippen LogP contribution in [0.25, 0.3) is 0 Å². The van der Waals surface area contributed by atoms with Gasteiger partial charge in [-0.05, 0) is 0 Å². The molecule has 1 heterocycles. The van der Waals surface area contributed by atoms with Gasteiger partial charge in [0.25, 0.3) is 0 Å². The van der Waals surface area contributed by atoms with Crippen molar-refractivity contribution in [2.24, 2.45) is 5.73 Å². The van der Waals surface area contributed by atoms with Gasteiger partial charge in [-0.2, -0.15) is 0 Å². The Balaban J connectivity index is 2.19. The zero-order valence-electron chi connectivity index (χ0n) is 4.79. The molecule has 0 spiro atoms. The number of carbonyl (C=O) groups excluding carboxylic acids is 1. The molecule has 1 rings (SSSR count). The summed E-state index contributed by atoms with van der Waals surface area (Å²) in [4.78, 5) is 10.1. The van der Waals surface area contributed by atoms with E-state index in [0.29, 0.717) is 0 Å². The third-order valence-corrected chi connectivity index (χ3v) is 1.91. The monoisotopic (exact) mass is 148 g/mol. The Hall–Kier alpha value is -0.420. The Morgan fingerprint density at radius 2 is 2.67 bits per heavy atom. The minimum atomic E-state index is -0.720. The Labute approximate surface area is 57.1 Å². The van der Waals surface area contributed by atoms with Crippen molar-refractivity contribution in [1.82, 2.24) is 5.32 Å². The van der Waals surface area contributed by atoms with Gasteiger partial charge in [-0.3, -0.25) is 5.32 Å². The summed E-state index contributed by atoms with van der Waals surface area (Å²) in [6.07, 6.45) is -0.720. The molecule has 0 aromatic heterocycles. The van der Waals surface area contributed by atoms with E-state index >= 15 is 0 Å². The summed E-state index contributed by atoms with van der Waals surface area (Å²) in [7, 11) is 0. The summed E-state index contributed by atoms with van der Waals surface area (Å²) in [5, 5.41) is 2.93. The molecule has 4 nitrogen and oxygen atoms in total. The Morgan fingerprint density at radius 3 is 3.11 bits per heavy atom. The van der Waals surface area contributed by atoms with Gasteiger partial charge in [0, 0.05) is 12.3 Å². The van der Waals surface area contributed by atoms with E-state index < -0.39 is 6.09 Å². The zero-order chi connectivity index (χ0) is 6.69. The highest BCUT2D eigenvalue weighted by atomic mass is 32.2. The number of hydrogen-bond donors (Lipinski definition) is 2. The number of amides is 1. The number of rotatable bonds is 1. The predicted octanol–water partition coefficient (Wildman–Crippen LogP) is -0.298. The van der Waals surface area contributed by atoms with E-state index in [9.17, 15) is 4.79 Å². The molecule has 52 valence electrons. The molecule has 1 aliphatic heterocycles. The quantitative estimate of drug-likeness (QED) is 0.536. The maximum atomic E-state index is 10.1. The lowest BCUT2D eigenvalue weighted by atomic mass is 10.8. The van der Waals surface area contributed by atoms with Gasteiger partial charge < -0.3 is 10.5 Å². The standard InChI is InChI=1S/C4H8N2O2S/c5-3(7)8-4-6-1-2-9-4/h4,6H,1-2H2,(H2,5,7). The Bertz CT molecular complexity index is 113. The number of thioether (sulfide) groups is 1. The summed E-state index contributed by atoms with van der Waals surface area (Å²) in [6.45, 7) is 0.878. The first kappa shape index (κ1) is 6.70. The van der Waals surface area contributed by atoms with Crippen molar-refractivity contribution >= 4 is 17.9 Å². The molecule has 5 heteroatoms. The van der Waals surface area contributed by atoms with Gasteiger partial charge in [0.15, 0.2) is 0 Å². The van der Waals surface area contributed by atoms with Gasteiger partial charge in [0.05, 0.1) is 0 Å². The highest BCUT2D eigenvalue weighted by Gasteiger charge is 2.16. The van der Waals surface area contributed by atoms with Crippen molar-refractivity contribution in [3.05, 3.63) is 0 Å². The summed E-state index contributed by atoms with van der Waals surface area (Å²) >= 11 is 1.54. The number of primary amides is 1. The molecule has 0 aromatic rings. The first-order valence-electron chi connectivity index (χ1n) is 2.60. The fourth-order valence-electron chi connectivity index (χ4n) is 0.583. The smallest absolute Gasteiger partial charge is 0.406 e. The van der Waals surface area contributed by atoms with Gasteiger partial charge in [-0.1, -0.05) is 0 Å². The number of carbonyl (C=O) groups is 1. The highest BCUT2D eigenvalue weighted by Crippen LogP contribution is 2.13. The van der Waals surface area contributed by atoms with E-state index in [4.69, 9.17) is 5.73 Å². The summed E-state index contributed by atoms with van der Waals surface area (Å²) in [6, 6.07) is 0. The SMILES string of the molecule is NC(=O)OC1NCCS1. The molecular formula is C4H8N2O2S. The molecule has 0 radical (unpaired) electrons. The summed E-state index contributed by atoms with van der Waals surface area (Å²) in [5.41, 5.74) is 4.54. The van der Waals surface area contributed by atoms with Gasteiger partial charge in [0.1, 0.15) is 0 Å². The van der Waals surface area contributed by atoms with Gasteiger partial charge in [-0.25, -0.2) is 4.79 Å². The lowest BCUT2D eigenvalue weighted by Gasteiger charge is -2.06. The van der Waals surface area contributed by atoms with Crippen molar-refractivity contribution in [3.8, 4) is 0 Å². The highest BCUT2D eigenvalue weighted by molar-refractivity contribution is 8.00. The second-order valence-corrected chi connectivity index (χ2v) is 2.76. The van der Waals surface area contributed by atoms with Crippen LogP contribution in [0.15, 0.2) is 0 Å². The largest absolute Gasteiger partial charge is 0.421 e. The summed E-state index contributed by atoms with van der Waals surface area (Å²) in [5.74, 6) is 0.970. The minimum Gasteiger partial charge on any atom is -0.421 e. The lowest BCUT2D eigenvalue weighted by molar-refractivity contribution is 0.136. The van der Waals surface area contributed by atoms with Crippen LogP contribution in [0.5, 0.6) is 0 Å². The van der Waals surface area contributed by atoms with Crippen molar-refractivity contribution in [3.63, 3.8) is 0 Å². The van der Waals surface area contributed by atoms with Gasteiger partial charge in [0.2, 0.25) is 5.56 Å². The van der Waals surface area contributed by atoms with Crippen molar-refractivity contribution in [2.45, 2.75) is 5.56 Å². The Kier molecular flexibility index (Phi) is 2.18. The van der Waals surface area contributed by atoms with Crippen LogP contribution in [0, 0.1) is 0 Å². The third kappa shape index (κ3) is 2.11. The average Bonchev–Trinajstić information content (AvgIpc) is 2.15. The maximum Gasteiger partial charge on any atom is 0.406 e. The van der Waals surface area contributed by atoms with Crippen molar-refractivity contribution < 1.29 is 9.53 Å². The number of ether oxygens (including phenoxy) is 1. The molecule has 0 aromatic carbocycles. The molecule has 1 atom stereocenters. The molecule has 0 saturated carbocycles. The van der Waals surface area contributed by atoms with Crippen LogP contribution in [-0.2, 0) is 4.74 Å². The van der Waals surface area contributed by atoms with E-state index in [-0.39, 0.29) is 5.56 Å². The normalized spacial score (nSPS) is 26.0. The molecule has 3 N–H and O–H groups in total. The summed E-state index contributed by atoms with van der Waals surface area (Å²) < 4.78 is 4.60. The fourth-order valence-corrected chi connectivity index (χ4v) is 1.43. The van der Waals surface area contributed by atoms with E-state index in [2.05, 4.69) is 10.1 Å². The van der Waals surface area contributed by atoms with Gasteiger partial charge >= 0.3 is 6.09 Å². The second-order valence-electron chi connectivity index (χ2n) is 1.59. The van der Waals surface area contributed by atoms with Crippen LogP contribution in [0.3, 0.4) is 0 Å². The average molecular weight is 148 g/mol. The number of nitrogens with one attached hydrogen (secondary N) is 1. The van der Waals surface area contributed by atoms with Crippen LogP contribution >= 0.6 is 11.8 Å². The maximum absolute atomic E-state index is 10.1. The van der Waals surface area contributed by atoms with Gasteiger partial charge in [-0.15, -0.1) is 11.8 Å². The van der Waals surface area contributed by atoms with E-state index in [1.165, 1.54) is 11.8 Å². The van der Waals surface area contributed by atoms with Crippen LogP contribution < -0.4 is 11.1 Å². The van der Waals surface area contributed by atoms with E-state index in [1.807, 2.05) is 0 Å². The molecule has 1 aliphatic rings. The molecule has 1 unspecified atom stereocenters. The van der Waals surface area contributed by atoms with Crippen molar-refractivity contribution in [1.29, 1.82) is 0 Å². The molecule has 9 heavy (non-hydrogen) atoms. The molecule has 1 saturated heterocycles. The Morgan fingerprint density at radius 1 is 1.89 bits per heavy atom. The van der Waals surface area contributed by atoms with Crippen LogP contribution in [-0.4, -0.2) is 24.0 Å². The van der Waals surface area contributed by atoms with Crippen LogP contribution in [0.2, 0.25) is 0 Å². The molecule has 1 fully saturated rings. The van der Waals surface area contributed by atoms with E-state index in [0.717, 1.165) is 12.3 Å². The van der Waals surface area contributed by atoms with Crippen LogP contribution in [0.1, 0.15) is 0 Å². The van der Waals surface area contributed by atoms with Crippen LogP contribution in [0.4, 0.5) is 4.79 Å². The number of nitrogens with two attached hydrogens (primary N) is 1. The van der Waals surface area contributed by atoms with E-state index in [1.54, 1.807) is 0 Å². The molecule has 0 aliphatic carbocycles. The predicted molar refractivity (Wildman–Crippen MR) is 34.9 cm³/mol.